The van der Waals surface area contributed by atoms with Gasteiger partial charge in [0.15, 0.2) is 0 Å². The van der Waals surface area contributed by atoms with Gasteiger partial charge in [-0.3, -0.25) is 0 Å². The van der Waals surface area contributed by atoms with Crippen LogP contribution >= 0.6 is 0 Å². The largest absolute Gasteiger partial charge is 0.455 e. The van der Waals surface area contributed by atoms with Crippen LogP contribution in [-0.2, 0) is 9.53 Å². The van der Waals surface area contributed by atoms with Crippen molar-refractivity contribution in [3.8, 4) is 0 Å². The van der Waals surface area contributed by atoms with Crippen LogP contribution in [0.15, 0.2) is 12.2 Å². The zero-order valence-corrected chi connectivity index (χ0v) is 14.9. The molecule has 2 nitrogen and oxygen atoms in total. The third-order valence-electron chi connectivity index (χ3n) is 7.88. The van der Waals surface area contributed by atoms with Crippen molar-refractivity contribution in [2.75, 3.05) is 0 Å². The average molecular weight is 316 g/mol. The molecule has 1 unspecified atom stereocenters. The van der Waals surface area contributed by atoms with Crippen molar-refractivity contribution in [2.45, 2.75) is 83.7 Å². The Bertz CT molecular complexity index is 479. The smallest absolute Gasteiger partial charge is 0.333 e. The van der Waals surface area contributed by atoms with Crippen molar-refractivity contribution in [3.63, 3.8) is 0 Å². The van der Waals surface area contributed by atoms with Crippen LogP contribution in [0.4, 0.5) is 0 Å². The first kappa shape index (κ1) is 15.7. The standard InChI is InChI=1S/C21H32O2/c1-14(2)19(22)23-20(3,18-6-4-5-7-18)21-11-15-8-16(12-21)10-17(9-15)13-21/h15-18H,1,4-13H2,2-3H3. The van der Waals surface area contributed by atoms with E-state index in [4.69, 9.17) is 4.74 Å². The lowest BCUT2D eigenvalue weighted by atomic mass is 9.44. The summed E-state index contributed by atoms with van der Waals surface area (Å²) in [5, 5.41) is 0. The molecule has 5 rings (SSSR count). The molecule has 0 spiro atoms. The zero-order valence-electron chi connectivity index (χ0n) is 14.9. The molecular weight excluding hydrogens is 284 g/mol. The van der Waals surface area contributed by atoms with E-state index in [-0.39, 0.29) is 17.0 Å². The molecule has 2 heteroatoms. The summed E-state index contributed by atoms with van der Waals surface area (Å²) in [6, 6.07) is 0. The SMILES string of the molecule is C=C(C)C(=O)OC(C)(C1CCCC1)C12CC3CC(CC(C3)C1)C2. The lowest BCUT2D eigenvalue weighted by Crippen LogP contribution is -2.61. The summed E-state index contributed by atoms with van der Waals surface area (Å²) < 4.78 is 6.33. The molecule has 4 bridgehead atoms. The molecule has 0 saturated heterocycles. The van der Waals surface area contributed by atoms with Crippen LogP contribution in [0.2, 0.25) is 0 Å². The maximum Gasteiger partial charge on any atom is 0.333 e. The molecule has 23 heavy (non-hydrogen) atoms. The quantitative estimate of drug-likeness (QED) is 0.521. The van der Waals surface area contributed by atoms with Crippen molar-refractivity contribution in [3.05, 3.63) is 12.2 Å². The summed E-state index contributed by atoms with van der Waals surface area (Å²) in [6.45, 7) is 7.93. The van der Waals surface area contributed by atoms with Crippen molar-refractivity contribution >= 4 is 5.97 Å². The molecule has 0 aliphatic heterocycles. The minimum Gasteiger partial charge on any atom is -0.455 e. The van der Waals surface area contributed by atoms with E-state index in [9.17, 15) is 4.79 Å². The number of hydrogen-bond acceptors (Lipinski definition) is 2. The van der Waals surface area contributed by atoms with Gasteiger partial charge >= 0.3 is 5.97 Å². The van der Waals surface area contributed by atoms with Crippen LogP contribution in [0.25, 0.3) is 0 Å². The molecule has 0 amide bonds. The number of carbonyl (C=O) groups is 1. The molecule has 0 N–H and O–H groups in total. The minimum atomic E-state index is -0.268. The normalized spacial score (nSPS) is 41.7. The van der Waals surface area contributed by atoms with Gasteiger partial charge in [-0.2, -0.15) is 0 Å². The Morgan fingerprint density at radius 2 is 1.52 bits per heavy atom. The monoisotopic (exact) mass is 316 g/mol. The van der Waals surface area contributed by atoms with Gasteiger partial charge < -0.3 is 4.74 Å². The first-order valence-corrected chi connectivity index (χ1v) is 9.81. The molecule has 1 atom stereocenters. The predicted molar refractivity (Wildman–Crippen MR) is 91.9 cm³/mol. The Labute approximate surface area is 141 Å². The number of carbonyl (C=O) groups excluding carboxylic acids is 1. The highest BCUT2D eigenvalue weighted by atomic mass is 16.6. The minimum absolute atomic E-state index is 0.157. The van der Waals surface area contributed by atoms with Crippen molar-refractivity contribution < 1.29 is 9.53 Å². The van der Waals surface area contributed by atoms with Gasteiger partial charge in [0.05, 0.1) is 0 Å². The van der Waals surface area contributed by atoms with E-state index < -0.39 is 0 Å². The maximum atomic E-state index is 12.5. The van der Waals surface area contributed by atoms with Gasteiger partial charge in [0.2, 0.25) is 0 Å². The third-order valence-corrected chi connectivity index (χ3v) is 7.88. The van der Waals surface area contributed by atoms with Gasteiger partial charge in [-0.15, -0.1) is 0 Å². The molecule has 0 aromatic heterocycles. The van der Waals surface area contributed by atoms with Crippen LogP contribution in [0.1, 0.15) is 78.1 Å². The first-order chi connectivity index (χ1) is 10.9. The van der Waals surface area contributed by atoms with Crippen LogP contribution in [0, 0.1) is 29.1 Å². The zero-order chi connectivity index (χ0) is 16.2. The summed E-state index contributed by atoms with van der Waals surface area (Å²) in [6.07, 6.45) is 13.3. The second-order valence-corrected chi connectivity index (χ2v) is 9.46. The first-order valence-electron chi connectivity index (χ1n) is 9.81. The van der Waals surface area contributed by atoms with Crippen molar-refractivity contribution in [1.29, 1.82) is 0 Å². The lowest BCUT2D eigenvalue weighted by molar-refractivity contribution is -0.217. The molecule has 5 aliphatic carbocycles. The highest BCUT2D eigenvalue weighted by Gasteiger charge is 2.62. The van der Waals surface area contributed by atoms with Crippen LogP contribution in [0.5, 0.6) is 0 Å². The summed E-state index contributed by atoms with van der Waals surface area (Å²) in [4.78, 5) is 12.5. The van der Waals surface area contributed by atoms with Gasteiger partial charge in [0.25, 0.3) is 0 Å². The Hall–Kier alpha value is -0.790. The van der Waals surface area contributed by atoms with Crippen molar-refractivity contribution in [2.24, 2.45) is 29.1 Å². The fourth-order valence-corrected chi connectivity index (χ4v) is 7.10. The van der Waals surface area contributed by atoms with Crippen LogP contribution in [0.3, 0.4) is 0 Å². The topological polar surface area (TPSA) is 26.3 Å². The molecule has 128 valence electrons. The number of rotatable bonds is 4. The van der Waals surface area contributed by atoms with Gasteiger partial charge in [-0.1, -0.05) is 19.4 Å². The summed E-state index contributed by atoms with van der Waals surface area (Å²) in [5.74, 6) is 3.08. The van der Waals surface area contributed by atoms with Gasteiger partial charge in [-0.25, -0.2) is 4.79 Å². The fraction of sp³-hybridized carbons (Fsp3) is 0.857. The molecule has 0 radical (unpaired) electrons. The molecule has 5 aliphatic rings. The molecular formula is C21H32O2. The fourth-order valence-electron chi connectivity index (χ4n) is 7.10. The lowest BCUT2D eigenvalue weighted by Gasteiger charge is -2.63. The van der Waals surface area contributed by atoms with Gasteiger partial charge in [0, 0.05) is 11.0 Å². The molecule has 0 aromatic carbocycles. The highest BCUT2D eigenvalue weighted by Crippen LogP contribution is 2.66. The number of ether oxygens (including phenoxy) is 1. The van der Waals surface area contributed by atoms with Gasteiger partial charge in [-0.05, 0) is 88.9 Å². The van der Waals surface area contributed by atoms with E-state index in [0.717, 1.165) is 17.8 Å². The molecule has 5 fully saturated rings. The van der Waals surface area contributed by atoms with Crippen LogP contribution in [-0.4, -0.2) is 11.6 Å². The summed E-state index contributed by atoms with van der Waals surface area (Å²) >= 11 is 0. The molecule has 5 saturated carbocycles. The van der Waals surface area contributed by atoms with Gasteiger partial charge in [0.1, 0.15) is 5.60 Å². The third kappa shape index (κ3) is 2.39. The number of hydrogen-bond donors (Lipinski definition) is 0. The molecule has 0 aromatic rings. The Morgan fingerprint density at radius 3 is 1.96 bits per heavy atom. The Morgan fingerprint density at radius 1 is 1.04 bits per heavy atom. The number of esters is 1. The summed E-state index contributed by atoms with van der Waals surface area (Å²) in [5.41, 5.74) is 0.538. The highest BCUT2D eigenvalue weighted by molar-refractivity contribution is 5.87. The van der Waals surface area contributed by atoms with E-state index in [1.54, 1.807) is 6.92 Å². The summed E-state index contributed by atoms with van der Waals surface area (Å²) in [7, 11) is 0. The van der Waals surface area contributed by atoms with E-state index in [1.165, 1.54) is 64.2 Å². The van der Waals surface area contributed by atoms with E-state index in [0.29, 0.717) is 11.5 Å². The van der Waals surface area contributed by atoms with Crippen molar-refractivity contribution in [1.82, 2.24) is 0 Å². The Balaban J connectivity index is 1.69. The second-order valence-electron chi connectivity index (χ2n) is 9.46. The maximum absolute atomic E-state index is 12.5. The van der Waals surface area contributed by atoms with E-state index >= 15 is 0 Å². The second kappa shape index (κ2) is 5.36. The van der Waals surface area contributed by atoms with Crippen LogP contribution < -0.4 is 0 Å². The van der Waals surface area contributed by atoms with E-state index in [1.807, 2.05) is 0 Å². The Kier molecular flexibility index (Phi) is 3.66. The predicted octanol–water partition coefficient (Wildman–Crippen LogP) is 5.27. The molecule has 0 heterocycles. The van der Waals surface area contributed by atoms with E-state index in [2.05, 4.69) is 13.5 Å². The average Bonchev–Trinajstić information content (AvgIpc) is 3.00.